The lowest BCUT2D eigenvalue weighted by Gasteiger charge is -2.37. The molecule has 1 aromatic carbocycles. The molecule has 0 bridgehead atoms. The zero-order valence-corrected chi connectivity index (χ0v) is 19.6. The first-order valence-electron chi connectivity index (χ1n) is 11.8. The summed E-state index contributed by atoms with van der Waals surface area (Å²) in [5.74, 6) is 1.26. The minimum absolute atomic E-state index is 0.0751. The van der Waals surface area contributed by atoms with Gasteiger partial charge in [0.25, 0.3) is 0 Å². The van der Waals surface area contributed by atoms with Crippen LogP contribution in [0, 0.1) is 11.3 Å². The number of benzene rings is 1. The summed E-state index contributed by atoms with van der Waals surface area (Å²) in [6.07, 6.45) is 2.65. The molecule has 0 unspecified atom stereocenters. The Balaban J connectivity index is 1.28. The highest BCUT2D eigenvalue weighted by molar-refractivity contribution is 5.76. The molecule has 0 radical (unpaired) electrons. The lowest BCUT2D eigenvalue weighted by molar-refractivity contribution is 0.105. The van der Waals surface area contributed by atoms with Crippen LogP contribution in [0.15, 0.2) is 30.5 Å². The third kappa shape index (κ3) is 4.51. The van der Waals surface area contributed by atoms with Crippen molar-refractivity contribution in [2.24, 2.45) is 0 Å². The Morgan fingerprint density at radius 1 is 1.17 bits per heavy atom. The second kappa shape index (κ2) is 9.29. The molecule has 11 heteroatoms. The molecular formula is C24H28N8O3. The van der Waals surface area contributed by atoms with Gasteiger partial charge in [0.05, 0.1) is 12.2 Å². The number of nitrogens with zero attached hydrogens (tertiary/aromatic N) is 7. The van der Waals surface area contributed by atoms with Gasteiger partial charge in [0.2, 0.25) is 0 Å². The van der Waals surface area contributed by atoms with E-state index in [4.69, 9.17) is 10.1 Å². The number of carbonyl (C=O) groups is 2. The molecule has 3 aliphatic heterocycles. The first-order valence-corrected chi connectivity index (χ1v) is 11.8. The van der Waals surface area contributed by atoms with Gasteiger partial charge in [-0.25, -0.2) is 19.6 Å². The number of amides is 3. The number of likely N-dealkylation sites (tertiary alicyclic amines) is 1. The summed E-state index contributed by atoms with van der Waals surface area (Å²) in [4.78, 5) is 39.7. The summed E-state index contributed by atoms with van der Waals surface area (Å²) in [7, 11) is 1.83. The molecular weight excluding hydrogens is 448 g/mol. The number of nitriles is 1. The van der Waals surface area contributed by atoms with Crippen LogP contribution in [0.4, 0.5) is 26.9 Å². The number of aromatic nitrogens is 2. The quantitative estimate of drug-likeness (QED) is 0.674. The van der Waals surface area contributed by atoms with Gasteiger partial charge < -0.3 is 30.0 Å². The summed E-state index contributed by atoms with van der Waals surface area (Å²) in [5.41, 5.74) is 2.06. The number of carbonyl (C=O) groups excluding carboxylic acids is 1. The summed E-state index contributed by atoms with van der Waals surface area (Å²) >= 11 is 0. The summed E-state index contributed by atoms with van der Waals surface area (Å²) in [5, 5.41) is 21.8. The third-order valence-electron chi connectivity index (χ3n) is 7.07. The minimum Gasteiger partial charge on any atom is -0.465 e. The average Bonchev–Trinajstić information content (AvgIpc) is 3.17. The molecule has 3 fully saturated rings. The largest absolute Gasteiger partial charge is 0.465 e. The van der Waals surface area contributed by atoms with Crippen LogP contribution in [-0.2, 0) is 0 Å². The van der Waals surface area contributed by atoms with E-state index in [1.54, 1.807) is 11.1 Å². The Morgan fingerprint density at radius 3 is 2.60 bits per heavy atom. The Labute approximate surface area is 203 Å². The Morgan fingerprint density at radius 2 is 1.94 bits per heavy atom. The van der Waals surface area contributed by atoms with E-state index in [2.05, 4.69) is 21.3 Å². The second-order valence-corrected chi connectivity index (χ2v) is 9.31. The number of rotatable bonds is 5. The van der Waals surface area contributed by atoms with Crippen molar-refractivity contribution in [3.63, 3.8) is 0 Å². The Bertz CT molecular complexity index is 1160. The topological polar surface area (TPSA) is 129 Å². The van der Waals surface area contributed by atoms with Crippen molar-refractivity contribution < 1.29 is 14.7 Å². The monoisotopic (exact) mass is 476 g/mol. The van der Waals surface area contributed by atoms with Crippen LogP contribution in [0.25, 0.3) is 0 Å². The van der Waals surface area contributed by atoms with Gasteiger partial charge in [-0.15, -0.1) is 0 Å². The van der Waals surface area contributed by atoms with E-state index in [9.17, 15) is 14.9 Å². The molecule has 0 saturated carbocycles. The molecule has 3 saturated heterocycles. The van der Waals surface area contributed by atoms with Gasteiger partial charge in [-0.2, -0.15) is 5.26 Å². The van der Waals surface area contributed by atoms with Crippen molar-refractivity contribution in [1.29, 1.82) is 5.26 Å². The fraction of sp³-hybridized carbons (Fsp3) is 0.458. The third-order valence-corrected chi connectivity index (χ3v) is 7.07. The van der Waals surface area contributed by atoms with E-state index >= 15 is 0 Å². The van der Waals surface area contributed by atoms with Crippen molar-refractivity contribution in [2.75, 3.05) is 56.5 Å². The molecule has 0 spiro atoms. The van der Waals surface area contributed by atoms with E-state index < -0.39 is 6.09 Å². The van der Waals surface area contributed by atoms with E-state index in [1.807, 2.05) is 36.2 Å². The number of anilines is 3. The van der Waals surface area contributed by atoms with Crippen molar-refractivity contribution in [3.05, 3.63) is 41.7 Å². The number of hydrogen-bond acceptors (Lipinski definition) is 7. The van der Waals surface area contributed by atoms with Gasteiger partial charge >= 0.3 is 12.1 Å². The molecule has 11 nitrogen and oxygen atoms in total. The van der Waals surface area contributed by atoms with Crippen molar-refractivity contribution in [1.82, 2.24) is 24.7 Å². The van der Waals surface area contributed by atoms with Crippen LogP contribution >= 0.6 is 0 Å². The van der Waals surface area contributed by atoms with Crippen LogP contribution < -0.4 is 10.2 Å². The predicted molar refractivity (Wildman–Crippen MR) is 129 cm³/mol. The van der Waals surface area contributed by atoms with Crippen LogP contribution in [0.5, 0.6) is 0 Å². The zero-order chi connectivity index (χ0) is 24.5. The van der Waals surface area contributed by atoms with Gasteiger partial charge in [0.1, 0.15) is 11.9 Å². The van der Waals surface area contributed by atoms with Crippen molar-refractivity contribution >= 4 is 29.4 Å². The molecule has 35 heavy (non-hydrogen) atoms. The van der Waals surface area contributed by atoms with Crippen LogP contribution in [0.1, 0.15) is 30.0 Å². The van der Waals surface area contributed by atoms with Crippen LogP contribution in [0.2, 0.25) is 0 Å². The average molecular weight is 477 g/mol. The highest BCUT2D eigenvalue weighted by Gasteiger charge is 2.35. The molecule has 1 atom stereocenters. The first-order chi connectivity index (χ1) is 16.9. The first kappa shape index (κ1) is 22.7. The SMILES string of the molecule is CN1CCN([C@@H]2CCCN(c3cnc(C#N)c(Nc4ccc(C5CN(C(=O)O)C5)cc4)n3)C2)C1=O. The maximum atomic E-state index is 12.5. The van der Waals surface area contributed by atoms with Gasteiger partial charge in [0, 0.05) is 57.9 Å². The Hall–Kier alpha value is -4.07. The molecule has 2 N–H and O–H groups in total. The number of nitrogens with one attached hydrogen (secondary N) is 1. The highest BCUT2D eigenvalue weighted by atomic mass is 16.4. The highest BCUT2D eigenvalue weighted by Crippen LogP contribution is 2.29. The number of likely N-dealkylation sites (N-methyl/N-ethyl adjacent to an activating group) is 1. The lowest BCUT2D eigenvalue weighted by atomic mass is 9.92. The second-order valence-electron chi connectivity index (χ2n) is 9.31. The van der Waals surface area contributed by atoms with E-state index in [1.165, 1.54) is 4.90 Å². The molecule has 3 aliphatic rings. The van der Waals surface area contributed by atoms with Gasteiger partial charge in [-0.3, -0.25) is 0 Å². The fourth-order valence-electron chi connectivity index (χ4n) is 4.95. The minimum atomic E-state index is -0.888. The standard InChI is InChI=1S/C24H28N8O3/c1-29-9-10-32(23(29)33)19-3-2-8-30(15-19)21-12-26-20(11-25)22(28-21)27-18-6-4-16(5-7-18)17-13-31(14-17)24(34)35/h4-7,12,17,19H,2-3,8-10,13-15H2,1H3,(H,27,28)(H,34,35)/t19-/m1/s1. The Kier molecular flexibility index (Phi) is 6.03. The number of urea groups is 1. The smallest absolute Gasteiger partial charge is 0.407 e. The molecule has 5 rings (SSSR count). The molecule has 1 aromatic heterocycles. The number of carboxylic acid groups (broad SMARTS) is 1. The molecule has 0 aliphatic carbocycles. The number of hydrogen-bond donors (Lipinski definition) is 2. The maximum absolute atomic E-state index is 12.5. The molecule has 182 valence electrons. The predicted octanol–water partition coefficient (Wildman–Crippen LogP) is 2.51. The van der Waals surface area contributed by atoms with Gasteiger partial charge in [-0.1, -0.05) is 12.1 Å². The van der Waals surface area contributed by atoms with Crippen molar-refractivity contribution in [3.8, 4) is 6.07 Å². The van der Waals surface area contributed by atoms with Crippen LogP contribution in [-0.4, -0.2) is 94.3 Å². The summed E-state index contributed by atoms with van der Waals surface area (Å²) < 4.78 is 0. The van der Waals surface area contributed by atoms with E-state index in [0.717, 1.165) is 43.7 Å². The number of piperidine rings is 1. The van der Waals surface area contributed by atoms with E-state index in [-0.39, 0.29) is 23.7 Å². The van der Waals surface area contributed by atoms with Gasteiger partial charge in [0.15, 0.2) is 11.5 Å². The summed E-state index contributed by atoms with van der Waals surface area (Å²) in [6, 6.07) is 10.0. The van der Waals surface area contributed by atoms with Crippen molar-refractivity contribution in [2.45, 2.75) is 24.8 Å². The van der Waals surface area contributed by atoms with E-state index in [0.29, 0.717) is 31.3 Å². The summed E-state index contributed by atoms with van der Waals surface area (Å²) in [6.45, 7) is 4.00. The maximum Gasteiger partial charge on any atom is 0.407 e. The van der Waals surface area contributed by atoms with Gasteiger partial charge in [-0.05, 0) is 30.5 Å². The zero-order valence-electron chi connectivity index (χ0n) is 19.6. The van der Waals surface area contributed by atoms with Crippen LogP contribution in [0.3, 0.4) is 0 Å². The lowest BCUT2D eigenvalue weighted by Crippen LogP contribution is -2.49. The molecule has 4 heterocycles. The normalized spacial score (nSPS) is 20.6. The molecule has 3 amide bonds. The fourth-order valence-corrected chi connectivity index (χ4v) is 4.95. The molecule has 2 aromatic rings.